The van der Waals surface area contributed by atoms with Crippen molar-refractivity contribution in [3.63, 3.8) is 0 Å². The maximum Gasteiger partial charge on any atom is 0.230 e. The molecule has 5 rings (SSSR count). The first-order chi connectivity index (χ1) is 13.9. The molecule has 0 unspecified atom stereocenters. The molecule has 29 heavy (non-hydrogen) atoms. The normalized spacial score (nSPS) is 34.1. The number of methoxy groups -OCH3 is 1. The molecule has 3 aliphatic rings. The standard InChI is InChI=1S/C23H26O6/c1-22(2)27-18-19(25-13-14-8-6-5-7-9-14)21-26-17-11-10-15(24-4)12-16(17)23(3,29-21)20(18)28-22/h5-12,18-21H,13H2,1-4H3/t18-,19-,20+,21+,23-/m1/s1. The minimum atomic E-state index is -0.743. The summed E-state index contributed by atoms with van der Waals surface area (Å²) in [5, 5.41) is 0. The smallest absolute Gasteiger partial charge is 0.230 e. The first kappa shape index (κ1) is 18.9. The Bertz CT molecular complexity index is 897. The van der Waals surface area contributed by atoms with Gasteiger partial charge in [0.05, 0.1) is 13.7 Å². The van der Waals surface area contributed by atoms with E-state index in [9.17, 15) is 0 Å². The quantitative estimate of drug-likeness (QED) is 0.782. The predicted molar refractivity (Wildman–Crippen MR) is 105 cm³/mol. The molecule has 3 heterocycles. The van der Waals surface area contributed by atoms with Gasteiger partial charge in [0, 0.05) is 5.56 Å². The Hall–Kier alpha value is -2.12. The third-order valence-corrected chi connectivity index (χ3v) is 5.87. The van der Waals surface area contributed by atoms with Crippen molar-refractivity contribution >= 4 is 0 Å². The molecule has 0 amide bonds. The second-order valence-corrected chi connectivity index (χ2v) is 8.36. The van der Waals surface area contributed by atoms with Crippen LogP contribution in [0.3, 0.4) is 0 Å². The molecule has 2 saturated heterocycles. The van der Waals surface area contributed by atoms with Gasteiger partial charge in [0.15, 0.2) is 5.79 Å². The maximum atomic E-state index is 6.44. The lowest BCUT2D eigenvalue weighted by atomic mass is 9.80. The molecule has 154 valence electrons. The van der Waals surface area contributed by atoms with Crippen LogP contribution in [-0.4, -0.2) is 37.5 Å². The Morgan fingerprint density at radius 3 is 2.52 bits per heavy atom. The highest BCUT2D eigenvalue weighted by molar-refractivity contribution is 5.46. The molecule has 5 atom stereocenters. The number of ether oxygens (including phenoxy) is 6. The lowest BCUT2D eigenvalue weighted by molar-refractivity contribution is -0.313. The van der Waals surface area contributed by atoms with E-state index in [-0.39, 0.29) is 12.2 Å². The SMILES string of the molecule is COc1ccc2c(c1)[C@@]1(C)O[C@H](O2)[C@H](OCc2ccccc2)[C@H]2OC(C)(C)O[C@@H]21. The van der Waals surface area contributed by atoms with Crippen LogP contribution in [0.25, 0.3) is 0 Å². The minimum Gasteiger partial charge on any atom is -0.497 e. The Labute approximate surface area is 170 Å². The second kappa shape index (κ2) is 6.71. The van der Waals surface area contributed by atoms with Crippen molar-refractivity contribution in [3.8, 4) is 11.5 Å². The van der Waals surface area contributed by atoms with E-state index in [0.717, 1.165) is 22.6 Å². The molecule has 2 aromatic rings. The molecule has 0 radical (unpaired) electrons. The predicted octanol–water partition coefficient (Wildman–Crippen LogP) is 3.76. The van der Waals surface area contributed by atoms with E-state index in [2.05, 4.69) is 0 Å². The highest BCUT2D eigenvalue weighted by Gasteiger charge is 2.64. The van der Waals surface area contributed by atoms with Crippen molar-refractivity contribution in [2.24, 2.45) is 0 Å². The van der Waals surface area contributed by atoms with E-state index < -0.39 is 23.8 Å². The van der Waals surface area contributed by atoms with Gasteiger partial charge in [-0.05, 0) is 44.5 Å². The Morgan fingerprint density at radius 1 is 0.966 bits per heavy atom. The molecule has 0 saturated carbocycles. The molecular weight excluding hydrogens is 372 g/mol. The van der Waals surface area contributed by atoms with Gasteiger partial charge in [-0.15, -0.1) is 0 Å². The zero-order valence-electron chi connectivity index (χ0n) is 17.1. The fourth-order valence-electron chi connectivity index (χ4n) is 4.49. The molecule has 0 N–H and O–H groups in total. The molecule has 0 aromatic heterocycles. The molecule has 3 aliphatic heterocycles. The minimum absolute atomic E-state index is 0.322. The lowest BCUT2D eigenvalue weighted by Crippen LogP contribution is -2.64. The average Bonchev–Trinajstić information content (AvgIpc) is 3.04. The summed E-state index contributed by atoms with van der Waals surface area (Å²) in [6.07, 6.45) is -1.69. The number of fused-ring (bicyclic) bond motifs is 6. The summed E-state index contributed by atoms with van der Waals surface area (Å²) in [6, 6.07) is 15.8. The molecule has 6 heteroatoms. The van der Waals surface area contributed by atoms with E-state index in [0.29, 0.717) is 6.61 Å². The Morgan fingerprint density at radius 2 is 1.76 bits per heavy atom. The number of rotatable bonds is 4. The molecular formula is C23H26O6. The summed E-state index contributed by atoms with van der Waals surface area (Å²) in [4.78, 5) is 0. The molecule has 2 fully saturated rings. The summed E-state index contributed by atoms with van der Waals surface area (Å²) < 4.78 is 37.0. The van der Waals surface area contributed by atoms with Crippen molar-refractivity contribution in [3.05, 3.63) is 59.7 Å². The fourth-order valence-corrected chi connectivity index (χ4v) is 4.49. The largest absolute Gasteiger partial charge is 0.497 e. The molecule has 2 aromatic carbocycles. The van der Waals surface area contributed by atoms with Crippen LogP contribution in [0.5, 0.6) is 11.5 Å². The summed E-state index contributed by atoms with van der Waals surface area (Å²) in [6.45, 7) is 6.30. The van der Waals surface area contributed by atoms with Crippen molar-refractivity contribution in [2.75, 3.05) is 7.11 Å². The molecule has 0 aliphatic carbocycles. The van der Waals surface area contributed by atoms with Gasteiger partial charge in [0.25, 0.3) is 0 Å². The molecule has 2 bridgehead atoms. The maximum absolute atomic E-state index is 6.44. The van der Waals surface area contributed by atoms with Crippen LogP contribution < -0.4 is 9.47 Å². The number of hydrogen-bond donors (Lipinski definition) is 0. The van der Waals surface area contributed by atoms with E-state index in [4.69, 9.17) is 28.4 Å². The highest BCUT2D eigenvalue weighted by atomic mass is 16.8. The van der Waals surface area contributed by atoms with Crippen LogP contribution in [0.1, 0.15) is 31.9 Å². The molecule has 6 nitrogen and oxygen atoms in total. The number of benzene rings is 2. The second-order valence-electron chi connectivity index (χ2n) is 8.36. The summed E-state index contributed by atoms with van der Waals surface area (Å²) in [7, 11) is 1.65. The van der Waals surface area contributed by atoms with Crippen molar-refractivity contribution in [2.45, 2.75) is 63.4 Å². The lowest BCUT2D eigenvalue weighted by Gasteiger charge is -2.51. The fraction of sp³-hybridized carbons (Fsp3) is 0.478. The first-order valence-corrected chi connectivity index (χ1v) is 9.94. The van der Waals surface area contributed by atoms with Crippen LogP contribution in [-0.2, 0) is 31.2 Å². The van der Waals surface area contributed by atoms with Crippen molar-refractivity contribution in [1.82, 2.24) is 0 Å². The molecule has 0 spiro atoms. The van der Waals surface area contributed by atoms with Crippen LogP contribution in [0.2, 0.25) is 0 Å². The third-order valence-electron chi connectivity index (χ3n) is 5.87. The van der Waals surface area contributed by atoms with Crippen LogP contribution in [0.15, 0.2) is 48.5 Å². The van der Waals surface area contributed by atoms with Gasteiger partial charge in [-0.2, -0.15) is 0 Å². The monoisotopic (exact) mass is 398 g/mol. The van der Waals surface area contributed by atoms with E-state index in [1.807, 2.05) is 69.3 Å². The van der Waals surface area contributed by atoms with Gasteiger partial charge in [-0.1, -0.05) is 30.3 Å². The van der Waals surface area contributed by atoms with Gasteiger partial charge in [-0.25, -0.2) is 0 Å². The summed E-state index contributed by atoms with van der Waals surface area (Å²) >= 11 is 0. The zero-order valence-corrected chi connectivity index (χ0v) is 17.1. The van der Waals surface area contributed by atoms with Gasteiger partial charge in [0.1, 0.15) is 35.4 Å². The van der Waals surface area contributed by atoms with E-state index >= 15 is 0 Å². The van der Waals surface area contributed by atoms with Crippen LogP contribution in [0.4, 0.5) is 0 Å². The number of hydrogen-bond acceptors (Lipinski definition) is 6. The zero-order chi connectivity index (χ0) is 20.2. The summed E-state index contributed by atoms with van der Waals surface area (Å²) in [5.41, 5.74) is 1.24. The van der Waals surface area contributed by atoms with Gasteiger partial charge in [0.2, 0.25) is 6.29 Å². The van der Waals surface area contributed by atoms with Gasteiger partial charge >= 0.3 is 0 Å². The van der Waals surface area contributed by atoms with E-state index in [1.54, 1.807) is 7.11 Å². The van der Waals surface area contributed by atoms with Crippen molar-refractivity contribution in [1.29, 1.82) is 0 Å². The average molecular weight is 398 g/mol. The van der Waals surface area contributed by atoms with Gasteiger partial charge in [-0.3, -0.25) is 0 Å². The Balaban J connectivity index is 1.51. The Kier molecular flexibility index (Phi) is 4.37. The third kappa shape index (κ3) is 3.11. The highest BCUT2D eigenvalue weighted by Crippen LogP contribution is 2.53. The first-order valence-electron chi connectivity index (χ1n) is 9.94. The van der Waals surface area contributed by atoms with E-state index in [1.165, 1.54) is 0 Å². The topological polar surface area (TPSA) is 55.4 Å². The van der Waals surface area contributed by atoms with Gasteiger partial charge < -0.3 is 28.4 Å². The van der Waals surface area contributed by atoms with Crippen LogP contribution in [0, 0.1) is 0 Å². The van der Waals surface area contributed by atoms with Crippen LogP contribution >= 0.6 is 0 Å². The van der Waals surface area contributed by atoms with Crippen molar-refractivity contribution < 1.29 is 28.4 Å². The summed E-state index contributed by atoms with van der Waals surface area (Å²) in [5.74, 6) is 0.754.